The van der Waals surface area contributed by atoms with Crippen LogP contribution in [-0.2, 0) is 6.54 Å². The highest BCUT2D eigenvalue weighted by Crippen LogP contribution is 2.33. The van der Waals surface area contributed by atoms with E-state index in [2.05, 4.69) is 59.4 Å². The van der Waals surface area contributed by atoms with Crippen LogP contribution in [0.15, 0.2) is 36.5 Å². The minimum atomic E-state index is 0.118. The zero-order valence-corrected chi connectivity index (χ0v) is 15.3. The average molecular weight is 345 g/mol. The van der Waals surface area contributed by atoms with E-state index >= 15 is 0 Å². The van der Waals surface area contributed by atoms with E-state index in [1.165, 1.54) is 29.9 Å². The van der Waals surface area contributed by atoms with Gasteiger partial charge in [-0.1, -0.05) is 50.1 Å². The summed E-state index contributed by atoms with van der Waals surface area (Å²) in [6.07, 6.45) is 5.59. The highest BCUT2D eigenvalue weighted by atomic mass is 32.1. The quantitative estimate of drug-likeness (QED) is 0.757. The van der Waals surface area contributed by atoms with Crippen molar-refractivity contribution in [2.45, 2.75) is 44.8 Å². The SMILES string of the molecule is CCCCC1c2ncc(-c3ccccc3)n2CCN1CC(N)CS. The molecule has 0 fully saturated rings. The normalized spacial score (nSPS) is 19.2. The maximum atomic E-state index is 6.17. The first kappa shape index (κ1) is 17.5. The van der Waals surface area contributed by atoms with E-state index in [1.54, 1.807) is 0 Å². The third-order valence-corrected chi connectivity index (χ3v) is 5.31. The van der Waals surface area contributed by atoms with E-state index < -0.39 is 0 Å². The van der Waals surface area contributed by atoms with E-state index in [-0.39, 0.29) is 6.04 Å². The maximum absolute atomic E-state index is 6.17. The molecule has 2 aromatic rings. The first-order chi connectivity index (χ1) is 11.7. The van der Waals surface area contributed by atoms with E-state index in [9.17, 15) is 0 Å². The van der Waals surface area contributed by atoms with E-state index in [0.29, 0.717) is 6.04 Å². The Morgan fingerprint density at radius 2 is 2.08 bits per heavy atom. The maximum Gasteiger partial charge on any atom is 0.126 e. The summed E-state index contributed by atoms with van der Waals surface area (Å²) in [4.78, 5) is 7.32. The Hall–Kier alpha value is -1.30. The molecule has 0 radical (unpaired) electrons. The number of rotatable bonds is 7. The van der Waals surface area contributed by atoms with Crippen molar-refractivity contribution < 1.29 is 0 Å². The second-order valence-corrected chi connectivity index (χ2v) is 6.98. The number of unbranched alkanes of at least 4 members (excludes halogenated alkanes) is 1. The van der Waals surface area contributed by atoms with Gasteiger partial charge in [0.25, 0.3) is 0 Å². The summed E-state index contributed by atoms with van der Waals surface area (Å²) in [5.74, 6) is 1.92. The van der Waals surface area contributed by atoms with E-state index in [0.717, 1.165) is 31.8 Å². The van der Waals surface area contributed by atoms with Gasteiger partial charge in [0.05, 0.1) is 17.9 Å². The van der Waals surface area contributed by atoms with Gasteiger partial charge < -0.3 is 10.3 Å². The number of thiol groups is 1. The summed E-state index contributed by atoms with van der Waals surface area (Å²) in [6, 6.07) is 11.0. The van der Waals surface area contributed by atoms with Crippen LogP contribution in [0.25, 0.3) is 11.3 Å². The smallest absolute Gasteiger partial charge is 0.126 e. The molecule has 2 unspecified atom stereocenters. The van der Waals surface area contributed by atoms with Gasteiger partial charge in [0.1, 0.15) is 5.82 Å². The van der Waals surface area contributed by atoms with Crippen LogP contribution in [0, 0.1) is 0 Å². The van der Waals surface area contributed by atoms with Gasteiger partial charge in [-0.25, -0.2) is 4.98 Å². The van der Waals surface area contributed by atoms with Crippen LogP contribution in [0.3, 0.4) is 0 Å². The third-order valence-electron chi connectivity index (χ3n) is 4.84. The van der Waals surface area contributed by atoms with Crippen molar-refractivity contribution in [1.82, 2.24) is 14.5 Å². The summed E-state index contributed by atoms with van der Waals surface area (Å²) in [7, 11) is 0. The molecule has 0 aliphatic carbocycles. The van der Waals surface area contributed by atoms with Gasteiger partial charge in [-0.2, -0.15) is 12.6 Å². The second kappa shape index (κ2) is 8.19. The Balaban J connectivity index is 1.89. The molecule has 2 atom stereocenters. The molecule has 0 spiro atoms. The molecule has 2 heterocycles. The number of hydrogen-bond acceptors (Lipinski definition) is 4. The largest absolute Gasteiger partial charge is 0.326 e. The molecule has 3 rings (SSSR count). The van der Waals surface area contributed by atoms with Crippen molar-refractivity contribution in [1.29, 1.82) is 0 Å². The number of benzene rings is 1. The fraction of sp³-hybridized carbons (Fsp3) is 0.526. The minimum Gasteiger partial charge on any atom is -0.326 e. The van der Waals surface area contributed by atoms with Crippen molar-refractivity contribution in [2.75, 3.05) is 18.8 Å². The predicted octanol–water partition coefficient (Wildman–Crippen LogP) is 3.35. The molecule has 1 aliphatic rings. The molecule has 1 aromatic carbocycles. The summed E-state index contributed by atoms with van der Waals surface area (Å²) in [6.45, 7) is 5.14. The van der Waals surface area contributed by atoms with Crippen LogP contribution < -0.4 is 5.73 Å². The lowest BCUT2D eigenvalue weighted by Crippen LogP contribution is -2.45. The summed E-state index contributed by atoms with van der Waals surface area (Å²) in [5, 5.41) is 0. The predicted molar refractivity (Wildman–Crippen MR) is 103 cm³/mol. The zero-order chi connectivity index (χ0) is 16.9. The Morgan fingerprint density at radius 3 is 2.79 bits per heavy atom. The van der Waals surface area contributed by atoms with Crippen molar-refractivity contribution in [3.63, 3.8) is 0 Å². The number of nitrogens with zero attached hydrogens (tertiary/aromatic N) is 3. The van der Waals surface area contributed by atoms with Gasteiger partial charge >= 0.3 is 0 Å². The Bertz CT molecular complexity index is 640. The molecule has 24 heavy (non-hydrogen) atoms. The molecular weight excluding hydrogens is 316 g/mol. The molecule has 0 saturated heterocycles. The monoisotopic (exact) mass is 344 g/mol. The van der Waals surface area contributed by atoms with Gasteiger partial charge in [-0.15, -0.1) is 0 Å². The lowest BCUT2D eigenvalue weighted by Gasteiger charge is -2.37. The topological polar surface area (TPSA) is 47.1 Å². The van der Waals surface area contributed by atoms with E-state index in [4.69, 9.17) is 10.7 Å². The molecule has 5 heteroatoms. The molecule has 1 aromatic heterocycles. The van der Waals surface area contributed by atoms with Gasteiger partial charge in [-0.05, 0) is 12.0 Å². The van der Waals surface area contributed by atoms with Crippen molar-refractivity contribution in [2.24, 2.45) is 5.73 Å². The third kappa shape index (κ3) is 3.68. The molecular formula is C19H28N4S. The Morgan fingerprint density at radius 1 is 1.29 bits per heavy atom. The highest BCUT2D eigenvalue weighted by molar-refractivity contribution is 7.80. The number of hydrogen-bond donors (Lipinski definition) is 2. The first-order valence-corrected chi connectivity index (χ1v) is 9.59. The van der Waals surface area contributed by atoms with Crippen LogP contribution in [0.5, 0.6) is 0 Å². The molecule has 1 aliphatic heterocycles. The molecule has 4 nitrogen and oxygen atoms in total. The lowest BCUT2D eigenvalue weighted by atomic mass is 10.0. The van der Waals surface area contributed by atoms with Gasteiger partial charge in [0.15, 0.2) is 0 Å². The van der Waals surface area contributed by atoms with Crippen molar-refractivity contribution in [3.05, 3.63) is 42.4 Å². The highest BCUT2D eigenvalue weighted by Gasteiger charge is 2.30. The fourth-order valence-electron chi connectivity index (χ4n) is 3.56. The van der Waals surface area contributed by atoms with Crippen LogP contribution >= 0.6 is 12.6 Å². The average Bonchev–Trinajstić information content (AvgIpc) is 3.05. The summed E-state index contributed by atoms with van der Waals surface area (Å²) < 4.78 is 2.40. The number of fused-ring (bicyclic) bond motifs is 1. The van der Waals surface area contributed by atoms with Crippen LogP contribution in [-0.4, -0.2) is 39.3 Å². The summed E-state index contributed by atoms with van der Waals surface area (Å²) >= 11 is 4.35. The van der Waals surface area contributed by atoms with Gasteiger partial charge in [0, 0.05) is 31.4 Å². The molecule has 2 N–H and O–H groups in total. The van der Waals surface area contributed by atoms with E-state index in [1.807, 2.05) is 6.20 Å². The first-order valence-electron chi connectivity index (χ1n) is 8.96. The minimum absolute atomic E-state index is 0.118. The van der Waals surface area contributed by atoms with Crippen LogP contribution in [0.4, 0.5) is 0 Å². The van der Waals surface area contributed by atoms with Gasteiger partial charge in [-0.3, -0.25) is 4.90 Å². The van der Waals surface area contributed by atoms with Crippen molar-refractivity contribution >= 4 is 12.6 Å². The molecule has 0 amide bonds. The summed E-state index contributed by atoms with van der Waals surface area (Å²) in [5.41, 5.74) is 8.63. The fourth-order valence-corrected chi connectivity index (χ4v) is 3.68. The number of nitrogens with two attached hydrogens (primary N) is 1. The number of imidazole rings is 1. The van der Waals surface area contributed by atoms with Crippen LogP contribution in [0.2, 0.25) is 0 Å². The molecule has 130 valence electrons. The molecule has 0 saturated carbocycles. The zero-order valence-electron chi connectivity index (χ0n) is 14.4. The van der Waals surface area contributed by atoms with Crippen LogP contribution in [0.1, 0.15) is 38.1 Å². The van der Waals surface area contributed by atoms with Crippen molar-refractivity contribution in [3.8, 4) is 11.3 Å². The van der Waals surface area contributed by atoms with Gasteiger partial charge in [0.2, 0.25) is 0 Å². The molecule has 0 bridgehead atoms. The second-order valence-electron chi connectivity index (χ2n) is 6.61. The Labute approximate surface area is 150 Å². The lowest BCUT2D eigenvalue weighted by molar-refractivity contribution is 0.137. The standard InChI is InChI=1S/C19H28N4S/c1-2-3-9-17-19-21-12-18(15-7-5-4-6-8-15)23(19)11-10-22(17)13-16(20)14-24/h4-8,12,16-17,24H,2-3,9-11,13-14,20H2,1H3. The Kier molecular flexibility index (Phi) is 5.98. The number of aromatic nitrogens is 2.